The van der Waals surface area contributed by atoms with Gasteiger partial charge in [0.25, 0.3) is 5.91 Å². The topological polar surface area (TPSA) is 106 Å². The number of hydrogen-bond donors (Lipinski definition) is 3. The number of hydrogen-bond acceptors (Lipinski definition) is 5. The Kier molecular flexibility index (Phi) is 8.25. The molecule has 0 heterocycles. The first-order valence-corrected chi connectivity index (χ1v) is 8.11. The molecule has 0 saturated carbocycles. The van der Waals surface area contributed by atoms with E-state index in [1.807, 2.05) is 0 Å². The molecule has 0 bridgehead atoms. The highest BCUT2D eigenvalue weighted by Gasteiger charge is 2.16. The van der Waals surface area contributed by atoms with Gasteiger partial charge in [-0.25, -0.2) is 0 Å². The molecule has 138 valence electrons. The predicted molar refractivity (Wildman–Crippen MR) is 92.3 cm³/mol. The SMILES string of the molecule is CCCCOc1ccc(C(=O)NNC(=O)C(=O)NC(C)C)cc1OC. The molecule has 0 radical (unpaired) electrons. The van der Waals surface area contributed by atoms with E-state index in [1.165, 1.54) is 13.2 Å². The van der Waals surface area contributed by atoms with Crippen molar-refractivity contribution >= 4 is 17.7 Å². The molecule has 0 aliphatic carbocycles. The Labute approximate surface area is 147 Å². The second-order valence-electron chi connectivity index (χ2n) is 5.60. The minimum atomic E-state index is -0.950. The maximum absolute atomic E-state index is 12.1. The van der Waals surface area contributed by atoms with Crippen LogP contribution >= 0.6 is 0 Å². The van der Waals surface area contributed by atoms with E-state index < -0.39 is 17.7 Å². The van der Waals surface area contributed by atoms with E-state index >= 15 is 0 Å². The number of unbranched alkanes of at least 4 members (excludes halogenated alkanes) is 1. The van der Waals surface area contributed by atoms with Crippen LogP contribution in [0.3, 0.4) is 0 Å². The normalized spacial score (nSPS) is 10.1. The van der Waals surface area contributed by atoms with Crippen LogP contribution in [0, 0.1) is 0 Å². The third kappa shape index (κ3) is 6.70. The smallest absolute Gasteiger partial charge is 0.327 e. The highest BCUT2D eigenvalue weighted by atomic mass is 16.5. The summed E-state index contributed by atoms with van der Waals surface area (Å²) < 4.78 is 10.8. The van der Waals surface area contributed by atoms with Crippen molar-refractivity contribution in [1.29, 1.82) is 0 Å². The van der Waals surface area contributed by atoms with E-state index in [0.717, 1.165) is 12.8 Å². The fourth-order valence-electron chi connectivity index (χ4n) is 1.82. The zero-order valence-electron chi connectivity index (χ0n) is 15.0. The number of nitrogens with one attached hydrogen (secondary N) is 3. The molecule has 1 rings (SSSR count). The number of amides is 3. The largest absolute Gasteiger partial charge is 0.493 e. The molecule has 8 heteroatoms. The van der Waals surface area contributed by atoms with Crippen molar-refractivity contribution in [3.8, 4) is 11.5 Å². The minimum absolute atomic E-state index is 0.182. The molecule has 1 aromatic rings. The molecule has 0 aliphatic heterocycles. The average molecular weight is 351 g/mol. The maximum atomic E-state index is 12.1. The molecule has 0 saturated heterocycles. The molecule has 3 amide bonds. The van der Waals surface area contributed by atoms with Crippen molar-refractivity contribution in [2.45, 2.75) is 39.7 Å². The molecular weight excluding hydrogens is 326 g/mol. The summed E-state index contributed by atoms with van der Waals surface area (Å²) in [6.07, 6.45) is 1.92. The van der Waals surface area contributed by atoms with Crippen molar-refractivity contribution < 1.29 is 23.9 Å². The van der Waals surface area contributed by atoms with E-state index in [9.17, 15) is 14.4 Å². The first kappa shape index (κ1) is 20.3. The molecule has 0 spiro atoms. The number of rotatable bonds is 7. The van der Waals surface area contributed by atoms with Crippen molar-refractivity contribution in [3.63, 3.8) is 0 Å². The van der Waals surface area contributed by atoms with Gasteiger partial charge in [0.2, 0.25) is 0 Å². The van der Waals surface area contributed by atoms with Crippen LogP contribution in [0.1, 0.15) is 44.0 Å². The van der Waals surface area contributed by atoms with E-state index in [2.05, 4.69) is 23.1 Å². The zero-order chi connectivity index (χ0) is 18.8. The van der Waals surface area contributed by atoms with Crippen LogP contribution in [0.4, 0.5) is 0 Å². The highest BCUT2D eigenvalue weighted by Crippen LogP contribution is 2.28. The van der Waals surface area contributed by atoms with Gasteiger partial charge in [0.05, 0.1) is 13.7 Å². The summed E-state index contributed by atoms with van der Waals surface area (Å²) in [5.41, 5.74) is 4.49. The lowest BCUT2D eigenvalue weighted by Crippen LogP contribution is -2.49. The summed E-state index contributed by atoms with van der Waals surface area (Å²) in [7, 11) is 1.47. The molecule has 0 aromatic heterocycles. The Hall–Kier alpha value is -2.77. The monoisotopic (exact) mass is 351 g/mol. The summed E-state index contributed by atoms with van der Waals surface area (Å²) in [5, 5.41) is 2.42. The second-order valence-corrected chi connectivity index (χ2v) is 5.60. The second kappa shape index (κ2) is 10.2. The Bertz CT molecular complexity index is 616. The van der Waals surface area contributed by atoms with Crippen molar-refractivity contribution in [2.24, 2.45) is 0 Å². The highest BCUT2D eigenvalue weighted by molar-refractivity contribution is 6.35. The zero-order valence-corrected chi connectivity index (χ0v) is 15.0. The maximum Gasteiger partial charge on any atom is 0.327 e. The molecule has 1 aromatic carbocycles. The van der Waals surface area contributed by atoms with Gasteiger partial charge >= 0.3 is 11.8 Å². The first-order valence-electron chi connectivity index (χ1n) is 8.11. The van der Waals surface area contributed by atoms with Crippen molar-refractivity contribution in [3.05, 3.63) is 23.8 Å². The van der Waals surface area contributed by atoms with E-state index in [4.69, 9.17) is 9.47 Å². The Morgan fingerprint density at radius 2 is 1.80 bits per heavy atom. The number of carbonyl (C=O) groups is 3. The molecule has 0 unspecified atom stereocenters. The number of benzene rings is 1. The molecule has 3 N–H and O–H groups in total. The number of methoxy groups -OCH3 is 1. The first-order chi connectivity index (χ1) is 11.9. The van der Waals surface area contributed by atoms with Gasteiger partial charge in [0.15, 0.2) is 11.5 Å². The minimum Gasteiger partial charge on any atom is -0.493 e. The summed E-state index contributed by atoms with van der Waals surface area (Å²) in [5.74, 6) is -1.41. The fourth-order valence-corrected chi connectivity index (χ4v) is 1.82. The molecule has 0 atom stereocenters. The lowest BCUT2D eigenvalue weighted by molar-refractivity contribution is -0.139. The van der Waals surface area contributed by atoms with E-state index in [1.54, 1.807) is 26.0 Å². The van der Waals surface area contributed by atoms with Gasteiger partial charge in [-0.05, 0) is 38.5 Å². The third-order valence-electron chi connectivity index (χ3n) is 3.10. The quantitative estimate of drug-likeness (QED) is 0.388. The summed E-state index contributed by atoms with van der Waals surface area (Å²) in [4.78, 5) is 35.1. The van der Waals surface area contributed by atoms with Crippen LogP contribution in [-0.2, 0) is 9.59 Å². The van der Waals surface area contributed by atoms with Crippen LogP contribution in [-0.4, -0.2) is 37.5 Å². The standard InChI is InChI=1S/C17H25N3O5/c1-5-6-9-25-13-8-7-12(10-14(13)24-4)15(21)19-20-17(23)16(22)18-11(2)3/h7-8,10-11H,5-6,9H2,1-4H3,(H,18,22)(H,19,21)(H,20,23). The number of carbonyl (C=O) groups excluding carboxylic acids is 3. The number of hydrazine groups is 1. The molecule has 0 aliphatic rings. The fraction of sp³-hybridized carbons (Fsp3) is 0.471. The van der Waals surface area contributed by atoms with Gasteiger partial charge in [-0.3, -0.25) is 25.2 Å². The van der Waals surface area contributed by atoms with Gasteiger partial charge in [-0.2, -0.15) is 0 Å². The van der Waals surface area contributed by atoms with Crippen LogP contribution in [0.15, 0.2) is 18.2 Å². The Morgan fingerprint density at radius 3 is 2.40 bits per heavy atom. The summed E-state index contributed by atoms with van der Waals surface area (Å²) >= 11 is 0. The Balaban J connectivity index is 2.66. The van der Waals surface area contributed by atoms with E-state index in [0.29, 0.717) is 18.1 Å². The van der Waals surface area contributed by atoms with Gasteiger partial charge in [-0.15, -0.1) is 0 Å². The van der Waals surface area contributed by atoms with Crippen LogP contribution in [0.25, 0.3) is 0 Å². The molecule has 8 nitrogen and oxygen atoms in total. The third-order valence-corrected chi connectivity index (χ3v) is 3.10. The van der Waals surface area contributed by atoms with Crippen molar-refractivity contribution in [1.82, 2.24) is 16.2 Å². The Morgan fingerprint density at radius 1 is 1.08 bits per heavy atom. The van der Waals surface area contributed by atoms with Crippen LogP contribution in [0.5, 0.6) is 11.5 Å². The van der Waals surface area contributed by atoms with Gasteiger partial charge < -0.3 is 14.8 Å². The summed E-state index contributed by atoms with van der Waals surface area (Å²) in [6.45, 7) is 6.06. The predicted octanol–water partition coefficient (Wildman–Crippen LogP) is 1.16. The lowest BCUT2D eigenvalue weighted by Gasteiger charge is -2.12. The van der Waals surface area contributed by atoms with Crippen LogP contribution in [0.2, 0.25) is 0 Å². The van der Waals surface area contributed by atoms with Gasteiger partial charge in [-0.1, -0.05) is 13.3 Å². The lowest BCUT2D eigenvalue weighted by atomic mass is 10.2. The molecule has 0 fully saturated rings. The molecular formula is C17H25N3O5. The van der Waals surface area contributed by atoms with Crippen LogP contribution < -0.4 is 25.6 Å². The number of ether oxygens (including phenoxy) is 2. The van der Waals surface area contributed by atoms with E-state index in [-0.39, 0.29) is 11.6 Å². The summed E-state index contributed by atoms with van der Waals surface area (Å²) in [6, 6.07) is 4.48. The average Bonchev–Trinajstić information content (AvgIpc) is 2.59. The van der Waals surface area contributed by atoms with Gasteiger partial charge in [0, 0.05) is 11.6 Å². The van der Waals surface area contributed by atoms with Gasteiger partial charge in [0.1, 0.15) is 0 Å². The van der Waals surface area contributed by atoms with Crippen molar-refractivity contribution in [2.75, 3.05) is 13.7 Å². The molecule has 25 heavy (non-hydrogen) atoms.